The van der Waals surface area contributed by atoms with Crippen LogP contribution in [-0.2, 0) is 17.8 Å². The quantitative estimate of drug-likeness (QED) is 0.828. The number of anilines is 1. The van der Waals surface area contributed by atoms with Gasteiger partial charge in [-0.1, -0.05) is 0 Å². The van der Waals surface area contributed by atoms with Gasteiger partial charge in [-0.2, -0.15) is 0 Å². The number of carbonyl (C=O) groups excluding carboxylic acids is 1. The van der Waals surface area contributed by atoms with Crippen LogP contribution in [-0.4, -0.2) is 23.6 Å². The Morgan fingerprint density at radius 2 is 2.35 bits per heavy atom. The molecule has 1 N–H and O–H groups in total. The minimum atomic E-state index is -0.280. The van der Waals surface area contributed by atoms with E-state index in [4.69, 9.17) is 9.15 Å². The third-order valence-corrected chi connectivity index (χ3v) is 4.11. The second-order valence-electron chi connectivity index (χ2n) is 5.71. The molecule has 0 amide bonds. The zero-order valence-corrected chi connectivity index (χ0v) is 13.1. The Hall–Kier alpha value is -2.34. The van der Waals surface area contributed by atoms with E-state index in [1.807, 2.05) is 19.1 Å². The topological polar surface area (TPSA) is 73.5 Å². The molecular weight excluding hydrogens is 296 g/mol. The third kappa shape index (κ3) is 3.37. The molecule has 0 radical (unpaired) electrons. The average Bonchev–Trinajstić information content (AvgIpc) is 3.22. The van der Waals surface area contributed by atoms with Crippen molar-refractivity contribution in [1.82, 2.24) is 4.57 Å². The van der Waals surface area contributed by atoms with Gasteiger partial charge in [-0.05, 0) is 38.0 Å². The fraction of sp³-hybridized carbons (Fsp3) is 0.412. The summed E-state index contributed by atoms with van der Waals surface area (Å²) in [4.78, 5) is 24.0. The highest BCUT2D eigenvalue weighted by molar-refractivity contribution is 5.83. The molecule has 0 bridgehead atoms. The number of hydrogen-bond acceptors (Lipinski definition) is 5. The number of furan rings is 1. The summed E-state index contributed by atoms with van der Waals surface area (Å²) in [5.74, 6) is 0.739. The van der Waals surface area contributed by atoms with Crippen molar-refractivity contribution < 1.29 is 13.9 Å². The van der Waals surface area contributed by atoms with Crippen molar-refractivity contribution in [2.24, 2.45) is 0 Å². The van der Waals surface area contributed by atoms with E-state index in [1.165, 1.54) is 0 Å². The van der Waals surface area contributed by atoms with Crippen LogP contribution in [0.5, 0.6) is 0 Å². The summed E-state index contributed by atoms with van der Waals surface area (Å²) in [5.41, 5.74) is 1.19. The number of pyridine rings is 1. The van der Waals surface area contributed by atoms with Crippen LogP contribution in [0.25, 0.3) is 0 Å². The van der Waals surface area contributed by atoms with E-state index in [1.54, 1.807) is 16.9 Å². The van der Waals surface area contributed by atoms with Gasteiger partial charge >= 0.3 is 0 Å². The van der Waals surface area contributed by atoms with Crippen LogP contribution >= 0.6 is 0 Å². The van der Waals surface area contributed by atoms with Crippen LogP contribution < -0.4 is 10.9 Å². The van der Waals surface area contributed by atoms with Crippen LogP contribution in [0.2, 0.25) is 0 Å². The summed E-state index contributed by atoms with van der Waals surface area (Å²) in [7, 11) is 0. The van der Waals surface area contributed by atoms with Crippen LogP contribution in [0.1, 0.15) is 34.7 Å². The molecule has 1 aliphatic heterocycles. The molecule has 0 aliphatic carbocycles. The first-order valence-electron chi connectivity index (χ1n) is 7.76. The van der Waals surface area contributed by atoms with Crippen molar-refractivity contribution in [2.45, 2.75) is 39.0 Å². The van der Waals surface area contributed by atoms with Gasteiger partial charge in [0.1, 0.15) is 11.3 Å². The normalized spacial score (nSPS) is 17.3. The molecule has 2 aromatic heterocycles. The molecule has 2 aromatic rings. The lowest BCUT2D eigenvalue weighted by Crippen LogP contribution is -2.31. The molecule has 1 fully saturated rings. The van der Waals surface area contributed by atoms with E-state index in [0.717, 1.165) is 30.9 Å². The maximum Gasteiger partial charge on any atom is 0.263 e. The van der Waals surface area contributed by atoms with Gasteiger partial charge in [-0.25, -0.2) is 0 Å². The molecule has 3 heterocycles. The fourth-order valence-corrected chi connectivity index (χ4v) is 2.86. The molecule has 1 saturated heterocycles. The average molecular weight is 316 g/mol. The van der Waals surface area contributed by atoms with E-state index in [0.29, 0.717) is 25.1 Å². The number of carbonyl (C=O) groups is 1. The fourth-order valence-electron chi connectivity index (χ4n) is 2.86. The zero-order valence-electron chi connectivity index (χ0n) is 13.1. The van der Waals surface area contributed by atoms with Crippen molar-refractivity contribution >= 4 is 12.0 Å². The Kier molecular flexibility index (Phi) is 4.62. The van der Waals surface area contributed by atoms with Crippen molar-refractivity contribution in [3.63, 3.8) is 0 Å². The first-order chi connectivity index (χ1) is 11.2. The Balaban J connectivity index is 1.85. The number of hydrogen-bond donors (Lipinski definition) is 1. The molecule has 23 heavy (non-hydrogen) atoms. The maximum atomic E-state index is 12.6. The predicted octanol–water partition coefficient (Wildman–Crippen LogP) is 2.35. The van der Waals surface area contributed by atoms with Gasteiger partial charge < -0.3 is 19.0 Å². The van der Waals surface area contributed by atoms with Crippen LogP contribution in [0, 0.1) is 6.92 Å². The third-order valence-electron chi connectivity index (χ3n) is 4.11. The van der Waals surface area contributed by atoms with Crippen molar-refractivity contribution in [2.75, 3.05) is 11.9 Å². The monoisotopic (exact) mass is 316 g/mol. The molecule has 1 aliphatic rings. The molecule has 0 saturated carbocycles. The number of rotatable bonds is 6. The molecule has 0 spiro atoms. The van der Waals surface area contributed by atoms with Gasteiger partial charge in [-0.15, -0.1) is 0 Å². The summed E-state index contributed by atoms with van der Waals surface area (Å²) < 4.78 is 12.5. The lowest BCUT2D eigenvalue weighted by Gasteiger charge is -2.17. The SMILES string of the molecule is Cc1cc(NCc2ccco2)c(C=O)c(=O)n1C[C@H]1CCCO1. The van der Waals surface area contributed by atoms with E-state index < -0.39 is 0 Å². The second kappa shape index (κ2) is 6.83. The Morgan fingerprint density at radius 3 is 3.00 bits per heavy atom. The van der Waals surface area contributed by atoms with E-state index in [2.05, 4.69) is 5.32 Å². The van der Waals surface area contributed by atoms with Gasteiger partial charge in [0.05, 0.1) is 31.1 Å². The van der Waals surface area contributed by atoms with E-state index in [9.17, 15) is 9.59 Å². The number of ether oxygens (including phenoxy) is 1. The Labute approximate surface area is 134 Å². The lowest BCUT2D eigenvalue weighted by atomic mass is 10.1. The summed E-state index contributed by atoms with van der Waals surface area (Å²) in [5, 5.41) is 3.10. The smallest absolute Gasteiger partial charge is 0.263 e. The Morgan fingerprint density at radius 1 is 1.48 bits per heavy atom. The first-order valence-corrected chi connectivity index (χ1v) is 7.76. The van der Waals surface area contributed by atoms with Gasteiger partial charge in [0.15, 0.2) is 6.29 Å². The maximum absolute atomic E-state index is 12.6. The van der Waals surface area contributed by atoms with Gasteiger partial charge in [0.2, 0.25) is 0 Å². The zero-order chi connectivity index (χ0) is 16.2. The van der Waals surface area contributed by atoms with Crippen molar-refractivity contribution in [1.29, 1.82) is 0 Å². The number of aromatic nitrogens is 1. The molecule has 122 valence electrons. The number of nitrogens with zero attached hydrogens (tertiary/aromatic N) is 1. The predicted molar refractivity (Wildman–Crippen MR) is 85.8 cm³/mol. The second-order valence-corrected chi connectivity index (χ2v) is 5.71. The molecule has 1 atom stereocenters. The molecule has 0 unspecified atom stereocenters. The summed E-state index contributed by atoms with van der Waals surface area (Å²) in [6, 6.07) is 5.45. The van der Waals surface area contributed by atoms with E-state index in [-0.39, 0.29) is 17.2 Å². The van der Waals surface area contributed by atoms with Crippen LogP contribution in [0.4, 0.5) is 5.69 Å². The largest absolute Gasteiger partial charge is 0.467 e. The highest BCUT2D eigenvalue weighted by Gasteiger charge is 2.19. The van der Waals surface area contributed by atoms with E-state index >= 15 is 0 Å². The van der Waals surface area contributed by atoms with Crippen LogP contribution in [0.3, 0.4) is 0 Å². The number of nitrogens with one attached hydrogen (secondary N) is 1. The summed E-state index contributed by atoms with van der Waals surface area (Å²) >= 11 is 0. The number of aryl methyl sites for hydroxylation is 1. The lowest BCUT2D eigenvalue weighted by molar-refractivity contribution is 0.0953. The van der Waals surface area contributed by atoms with Crippen molar-refractivity contribution in [3.05, 3.63) is 51.8 Å². The van der Waals surface area contributed by atoms with Crippen LogP contribution in [0.15, 0.2) is 33.7 Å². The van der Waals surface area contributed by atoms with Crippen molar-refractivity contribution in [3.8, 4) is 0 Å². The molecule has 0 aromatic carbocycles. The van der Waals surface area contributed by atoms with Gasteiger partial charge in [0, 0.05) is 12.3 Å². The summed E-state index contributed by atoms with van der Waals surface area (Å²) in [6.45, 7) is 3.51. The van der Waals surface area contributed by atoms with Gasteiger partial charge in [-0.3, -0.25) is 9.59 Å². The Bertz CT molecular complexity index is 728. The molecule has 3 rings (SSSR count). The molecule has 6 heteroatoms. The molecule has 6 nitrogen and oxygen atoms in total. The van der Waals surface area contributed by atoms with Gasteiger partial charge in [0.25, 0.3) is 5.56 Å². The highest BCUT2D eigenvalue weighted by atomic mass is 16.5. The number of aldehydes is 1. The standard InChI is InChI=1S/C17H20N2O4/c1-12-8-16(18-9-13-4-2-6-22-13)15(11-20)17(21)19(12)10-14-5-3-7-23-14/h2,4,6,8,11,14,18H,3,5,7,9-10H2,1H3/t14-/m1/s1. The molecular formula is C17H20N2O4. The minimum absolute atomic E-state index is 0.0489. The highest BCUT2D eigenvalue weighted by Crippen LogP contribution is 2.18. The first kappa shape index (κ1) is 15.6. The summed E-state index contributed by atoms with van der Waals surface area (Å²) in [6.07, 6.45) is 4.20. The minimum Gasteiger partial charge on any atom is -0.467 e.